The van der Waals surface area contributed by atoms with Gasteiger partial charge in [0.2, 0.25) is 17.7 Å². The number of carboxylic acids is 1. The molecule has 2 aromatic rings. The lowest BCUT2D eigenvalue weighted by Gasteiger charge is -2.39. The van der Waals surface area contributed by atoms with Gasteiger partial charge in [-0.1, -0.05) is 72.7 Å². The van der Waals surface area contributed by atoms with Gasteiger partial charge in [0.1, 0.15) is 12.1 Å². The largest absolute Gasteiger partial charge is 0.480 e. The van der Waals surface area contributed by atoms with Gasteiger partial charge >= 0.3 is 5.97 Å². The number of carbonyl (C=O) groups is 4. The quantitative estimate of drug-likeness (QED) is 0.136. The highest BCUT2D eigenvalue weighted by Crippen LogP contribution is 2.35. The number of carbonyl (C=O) groups excluding carboxylic acids is 3. The molecule has 1 aromatic carbocycles. The van der Waals surface area contributed by atoms with Gasteiger partial charge in [-0.25, -0.2) is 4.79 Å². The summed E-state index contributed by atoms with van der Waals surface area (Å²) in [5.41, 5.74) is 6.64. The smallest absolute Gasteiger partial charge is 0.326 e. The van der Waals surface area contributed by atoms with Crippen LogP contribution in [-0.2, 0) is 31.6 Å². The third-order valence-corrected chi connectivity index (χ3v) is 9.07. The van der Waals surface area contributed by atoms with E-state index in [0.717, 1.165) is 16.5 Å². The van der Waals surface area contributed by atoms with Gasteiger partial charge in [0.25, 0.3) is 0 Å². The molecule has 0 bridgehead atoms. The van der Waals surface area contributed by atoms with Gasteiger partial charge in [0, 0.05) is 42.2 Å². The second-order valence-corrected chi connectivity index (χ2v) is 14.6. The molecule has 6 N–H and O–H groups in total. The van der Waals surface area contributed by atoms with Crippen molar-refractivity contribution in [1.82, 2.24) is 25.4 Å². The van der Waals surface area contributed by atoms with Crippen molar-refractivity contribution < 1.29 is 24.3 Å². The molecule has 4 atom stereocenters. The number of nitrogens with one attached hydrogen (secondary N) is 3. The van der Waals surface area contributed by atoms with Gasteiger partial charge in [0.15, 0.2) is 0 Å². The molecule has 11 heteroatoms. The number of amides is 3. The molecular weight excluding hydrogens is 596 g/mol. The van der Waals surface area contributed by atoms with E-state index in [0.29, 0.717) is 25.0 Å². The minimum absolute atomic E-state index is 0.0850. The van der Waals surface area contributed by atoms with Gasteiger partial charge in [-0.15, -0.1) is 0 Å². The second-order valence-electron chi connectivity index (χ2n) is 14.6. The van der Waals surface area contributed by atoms with Crippen molar-refractivity contribution in [2.75, 3.05) is 20.6 Å². The Morgan fingerprint density at radius 3 is 2.17 bits per heavy atom. The van der Waals surface area contributed by atoms with E-state index >= 15 is 0 Å². The highest BCUT2D eigenvalue weighted by Gasteiger charge is 2.42. The lowest BCUT2D eigenvalue weighted by Crippen LogP contribution is -2.61. The lowest BCUT2D eigenvalue weighted by atomic mass is 9.76. The fourth-order valence-corrected chi connectivity index (χ4v) is 6.16. The summed E-state index contributed by atoms with van der Waals surface area (Å²) in [5.74, 6) is -2.29. The van der Waals surface area contributed by atoms with E-state index < -0.39 is 46.9 Å². The third kappa shape index (κ3) is 9.67. The molecule has 0 fully saturated rings. The number of aromatic nitrogens is 1. The SMILES string of the molecule is CN[C@H](C(=O)N[C@H](C(=O)N(C)[C@H](/C=C(\C)C(=O)N[C@H](CCCCN)C(=O)O)C(C)C)C(C)(C)C)C(C)(C)c1cn(C)c2ccccc12. The Hall–Kier alpha value is -3.70. The molecule has 0 aliphatic rings. The number of likely N-dealkylation sites (N-methyl/N-ethyl adjacent to an activating group) is 2. The number of nitrogens with zero attached hydrogens (tertiary/aromatic N) is 2. The summed E-state index contributed by atoms with van der Waals surface area (Å²) < 4.78 is 2.05. The van der Waals surface area contributed by atoms with Crippen molar-refractivity contribution in [1.29, 1.82) is 0 Å². The number of aryl methyl sites for hydroxylation is 1. The van der Waals surface area contributed by atoms with E-state index in [9.17, 15) is 24.3 Å². The zero-order valence-corrected chi connectivity index (χ0v) is 30.2. The van der Waals surface area contributed by atoms with E-state index in [2.05, 4.69) is 32.8 Å². The predicted octanol–water partition coefficient (Wildman–Crippen LogP) is 3.70. The molecule has 1 aromatic heterocycles. The van der Waals surface area contributed by atoms with Gasteiger partial charge in [-0.2, -0.15) is 0 Å². The molecule has 0 aliphatic carbocycles. The van der Waals surface area contributed by atoms with Crippen LogP contribution in [0.2, 0.25) is 0 Å². The molecule has 1 heterocycles. The number of benzene rings is 1. The van der Waals surface area contributed by atoms with Crippen molar-refractivity contribution in [3.8, 4) is 0 Å². The first-order valence-electron chi connectivity index (χ1n) is 16.5. The highest BCUT2D eigenvalue weighted by molar-refractivity contribution is 5.96. The molecule has 262 valence electrons. The van der Waals surface area contributed by atoms with Crippen LogP contribution in [0.15, 0.2) is 42.1 Å². The van der Waals surface area contributed by atoms with Crippen molar-refractivity contribution in [3.05, 3.63) is 47.7 Å². The first kappa shape index (κ1) is 39.5. The topological polar surface area (TPSA) is 159 Å². The van der Waals surface area contributed by atoms with Crippen LogP contribution in [0.1, 0.15) is 80.2 Å². The maximum atomic E-state index is 14.2. The summed E-state index contributed by atoms with van der Waals surface area (Å²) in [7, 11) is 5.40. The standard InChI is InChI=1S/C36H58N6O5/c1-22(2)28(20-23(3)31(43)39-26(34(46)47)17-14-15-19-37)42(11)33(45)30(35(4,5)6)40-32(44)29(38-9)36(7,8)25-21-41(10)27-18-13-12-16-24(25)27/h12-13,16,18,20-22,26,28-30,38H,14-15,17,19,37H2,1-11H3,(H,39,43)(H,40,44)(H,46,47)/b23-20+/t26-,28-,29-,30-/m1/s1. The van der Waals surface area contributed by atoms with E-state index in [1.54, 1.807) is 32.0 Å². The Balaban J connectivity index is 2.35. The Morgan fingerprint density at radius 2 is 1.64 bits per heavy atom. The average molecular weight is 655 g/mol. The summed E-state index contributed by atoms with van der Waals surface area (Å²) in [6, 6.07) is 5.01. The van der Waals surface area contributed by atoms with Gasteiger partial charge in [-0.3, -0.25) is 14.4 Å². The Morgan fingerprint density at radius 1 is 1.02 bits per heavy atom. The maximum absolute atomic E-state index is 14.2. The molecule has 0 saturated heterocycles. The number of hydrogen-bond donors (Lipinski definition) is 5. The second kappa shape index (κ2) is 16.4. The number of para-hydroxylation sites is 1. The summed E-state index contributed by atoms with van der Waals surface area (Å²) in [6.45, 7) is 15.7. The fourth-order valence-electron chi connectivity index (χ4n) is 6.16. The van der Waals surface area contributed by atoms with Crippen molar-refractivity contribution in [3.63, 3.8) is 0 Å². The summed E-state index contributed by atoms with van der Waals surface area (Å²) in [6.07, 6.45) is 5.26. The molecule has 2 rings (SSSR count). The van der Waals surface area contributed by atoms with E-state index in [1.165, 1.54) is 0 Å². The number of hydrogen-bond acceptors (Lipinski definition) is 6. The van der Waals surface area contributed by atoms with E-state index in [-0.39, 0.29) is 24.2 Å². The normalized spacial score (nSPS) is 15.2. The molecule has 47 heavy (non-hydrogen) atoms. The first-order chi connectivity index (χ1) is 21.8. The summed E-state index contributed by atoms with van der Waals surface area (Å²) in [4.78, 5) is 54.7. The van der Waals surface area contributed by atoms with Crippen LogP contribution in [0.25, 0.3) is 10.9 Å². The van der Waals surface area contributed by atoms with E-state index in [4.69, 9.17) is 5.73 Å². The maximum Gasteiger partial charge on any atom is 0.326 e. The lowest BCUT2D eigenvalue weighted by molar-refractivity contribution is -0.141. The highest BCUT2D eigenvalue weighted by atomic mass is 16.4. The van der Waals surface area contributed by atoms with Crippen LogP contribution in [-0.4, -0.2) is 83.1 Å². The zero-order valence-electron chi connectivity index (χ0n) is 30.2. The van der Waals surface area contributed by atoms with Crippen LogP contribution in [0.5, 0.6) is 0 Å². The monoisotopic (exact) mass is 654 g/mol. The number of fused-ring (bicyclic) bond motifs is 1. The molecule has 3 amide bonds. The fraction of sp³-hybridized carbons (Fsp3) is 0.611. The molecule has 0 spiro atoms. The van der Waals surface area contributed by atoms with Crippen molar-refractivity contribution >= 4 is 34.6 Å². The molecule has 0 unspecified atom stereocenters. The molecule has 0 aliphatic heterocycles. The number of carboxylic acid groups (broad SMARTS) is 1. The van der Waals surface area contributed by atoms with Gasteiger partial charge < -0.3 is 36.3 Å². The van der Waals surface area contributed by atoms with Gasteiger partial charge in [0.05, 0.1) is 12.1 Å². The zero-order chi connectivity index (χ0) is 35.9. The number of nitrogens with two attached hydrogens (primary N) is 1. The van der Waals surface area contributed by atoms with Crippen molar-refractivity contribution in [2.45, 2.75) is 104 Å². The van der Waals surface area contributed by atoms with Crippen LogP contribution in [0, 0.1) is 11.3 Å². The van der Waals surface area contributed by atoms with E-state index in [1.807, 2.05) is 73.7 Å². The number of rotatable bonds is 16. The van der Waals surface area contributed by atoms with Crippen molar-refractivity contribution in [2.24, 2.45) is 24.1 Å². The minimum atomic E-state index is -1.11. The van der Waals surface area contributed by atoms with Crippen LogP contribution < -0.4 is 21.7 Å². The molecule has 11 nitrogen and oxygen atoms in total. The Bertz CT molecular complexity index is 1440. The predicted molar refractivity (Wildman–Crippen MR) is 188 cm³/mol. The Labute approximate surface area is 280 Å². The molecular formula is C36H58N6O5. The first-order valence-corrected chi connectivity index (χ1v) is 16.5. The molecule has 0 saturated carbocycles. The van der Waals surface area contributed by atoms with Gasteiger partial charge in [-0.05, 0) is 62.7 Å². The number of unbranched alkanes of at least 4 members (excludes halogenated alkanes) is 1. The average Bonchev–Trinajstić information content (AvgIpc) is 3.33. The van der Waals surface area contributed by atoms with Crippen LogP contribution >= 0.6 is 0 Å². The summed E-state index contributed by atoms with van der Waals surface area (Å²) >= 11 is 0. The van der Waals surface area contributed by atoms with Crippen LogP contribution in [0.4, 0.5) is 0 Å². The Kier molecular flexibility index (Phi) is 13.8. The molecule has 0 radical (unpaired) electrons. The third-order valence-electron chi connectivity index (χ3n) is 9.07. The minimum Gasteiger partial charge on any atom is -0.480 e. The summed E-state index contributed by atoms with van der Waals surface area (Å²) in [5, 5.41) is 19.6. The van der Waals surface area contributed by atoms with Crippen LogP contribution in [0.3, 0.4) is 0 Å². The number of aliphatic carboxylic acids is 1.